The predicted molar refractivity (Wildman–Crippen MR) is 93.8 cm³/mol. The van der Waals surface area contributed by atoms with Crippen LogP contribution in [0, 0.1) is 17.6 Å². The standard InChI is InChI=1S/C17H23F2N3O2.ClH/c1-11(2)15(17(24)22-9-4-7-20-8-10-22)21-16(23)14-12(18)5-3-6-13(14)19;/h3,5-6,11,15,20H,4,7-10H2,1-2H3,(H,21,23);1H. The number of amides is 2. The SMILES string of the molecule is CC(C)C(NC(=O)c1c(F)cccc1F)C(=O)N1CCCNCC1.Cl. The molecule has 2 rings (SSSR count). The average molecular weight is 376 g/mol. The van der Waals surface area contributed by atoms with E-state index in [2.05, 4.69) is 10.6 Å². The first-order valence-electron chi connectivity index (χ1n) is 8.16. The van der Waals surface area contributed by atoms with Crippen molar-refractivity contribution in [1.82, 2.24) is 15.5 Å². The smallest absolute Gasteiger partial charge is 0.257 e. The summed E-state index contributed by atoms with van der Waals surface area (Å²) in [6.45, 7) is 6.24. The second-order valence-electron chi connectivity index (χ2n) is 6.22. The van der Waals surface area contributed by atoms with Crippen molar-refractivity contribution >= 4 is 24.2 Å². The molecule has 1 aromatic carbocycles. The minimum Gasteiger partial charge on any atom is -0.340 e. The maximum absolute atomic E-state index is 13.8. The van der Waals surface area contributed by atoms with Crippen molar-refractivity contribution in [2.75, 3.05) is 26.2 Å². The molecule has 1 aliphatic rings. The fraction of sp³-hybridized carbons (Fsp3) is 0.529. The molecule has 0 radical (unpaired) electrons. The molecule has 0 saturated carbocycles. The van der Waals surface area contributed by atoms with Crippen LogP contribution in [0.4, 0.5) is 8.78 Å². The van der Waals surface area contributed by atoms with Crippen LogP contribution in [0.3, 0.4) is 0 Å². The Labute approximate surface area is 152 Å². The van der Waals surface area contributed by atoms with Gasteiger partial charge in [-0.3, -0.25) is 9.59 Å². The fourth-order valence-corrected chi connectivity index (χ4v) is 2.70. The number of halogens is 3. The van der Waals surface area contributed by atoms with Crippen molar-refractivity contribution in [3.8, 4) is 0 Å². The number of carbonyl (C=O) groups excluding carboxylic acids is 2. The Kier molecular flexibility index (Phi) is 8.25. The van der Waals surface area contributed by atoms with E-state index in [0.29, 0.717) is 19.6 Å². The number of nitrogens with one attached hydrogen (secondary N) is 2. The zero-order chi connectivity index (χ0) is 17.7. The van der Waals surface area contributed by atoms with Crippen molar-refractivity contribution in [2.45, 2.75) is 26.3 Å². The third kappa shape index (κ3) is 5.37. The number of hydrogen-bond acceptors (Lipinski definition) is 3. The van der Waals surface area contributed by atoms with E-state index in [-0.39, 0.29) is 24.2 Å². The Bertz CT molecular complexity index is 585. The van der Waals surface area contributed by atoms with Gasteiger partial charge in [0, 0.05) is 19.6 Å². The maximum atomic E-state index is 13.8. The lowest BCUT2D eigenvalue weighted by Gasteiger charge is -2.28. The Morgan fingerprint density at radius 1 is 1.16 bits per heavy atom. The van der Waals surface area contributed by atoms with Crippen LogP contribution in [0.25, 0.3) is 0 Å². The van der Waals surface area contributed by atoms with Gasteiger partial charge in [-0.15, -0.1) is 12.4 Å². The van der Waals surface area contributed by atoms with Crippen LogP contribution in [0.15, 0.2) is 18.2 Å². The van der Waals surface area contributed by atoms with Gasteiger partial charge in [-0.1, -0.05) is 19.9 Å². The number of carbonyl (C=O) groups is 2. The molecule has 0 bridgehead atoms. The van der Waals surface area contributed by atoms with E-state index in [1.165, 1.54) is 6.07 Å². The van der Waals surface area contributed by atoms with Gasteiger partial charge in [0.1, 0.15) is 23.2 Å². The highest BCUT2D eigenvalue weighted by Crippen LogP contribution is 2.14. The number of nitrogens with zero attached hydrogens (tertiary/aromatic N) is 1. The first kappa shape index (κ1) is 21.3. The molecule has 1 unspecified atom stereocenters. The molecule has 1 heterocycles. The molecule has 0 aromatic heterocycles. The van der Waals surface area contributed by atoms with Crippen molar-refractivity contribution in [3.63, 3.8) is 0 Å². The zero-order valence-corrected chi connectivity index (χ0v) is 15.2. The summed E-state index contributed by atoms with van der Waals surface area (Å²) >= 11 is 0. The molecule has 140 valence electrons. The van der Waals surface area contributed by atoms with E-state index in [9.17, 15) is 18.4 Å². The summed E-state index contributed by atoms with van der Waals surface area (Å²) in [5.74, 6) is -3.22. The highest BCUT2D eigenvalue weighted by Gasteiger charge is 2.30. The van der Waals surface area contributed by atoms with Gasteiger partial charge >= 0.3 is 0 Å². The van der Waals surface area contributed by atoms with Gasteiger partial charge in [0.15, 0.2) is 0 Å². The normalized spacial score (nSPS) is 16.0. The summed E-state index contributed by atoms with van der Waals surface area (Å²) in [5, 5.41) is 5.70. The molecular formula is C17H24ClF2N3O2. The van der Waals surface area contributed by atoms with Crippen LogP contribution in [0.5, 0.6) is 0 Å². The van der Waals surface area contributed by atoms with Gasteiger partial charge < -0.3 is 15.5 Å². The second-order valence-corrected chi connectivity index (χ2v) is 6.22. The van der Waals surface area contributed by atoms with E-state index < -0.39 is 29.1 Å². The molecule has 8 heteroatoms. The Morgan fingerprint density at radius 2 is 1.80 bits per heavy atom. The summed E-state index contributed by atoms with van der Waals surface area (Å²) < 4.78 is 27.5. The van der Waals surface area contributed by atoms with Crippen molar-refractivity contribution < 1.29 is 18.4 Å². The van der Waals surface area contributed by atoms with Gasteiger partial charge in [0.05, 0.1) is 0 Å². The first-order chi connectivity index (χ1) is 11.4. The van der Waals surface area contributed by atoms with Gasteiger partial charge in [-0.05, 0) is 31.0 Å². The van der Waals surface area contributed by atoms with E-state index in [0.717, 1.165) is 25.1 Å². The first-order valence-corrected chi connectivity index (χ1v) is 8.16. The number of rotatable bonds is 4. The van der Waals surface area contributed by atoms with Crippen molar-refractivity contribution in [3.05, 3.63) is 35.4 Å². The van der Waals surface area contributed by atoms with Crippen molar-refractivity contribution in [1.29, 1.82) is 0 Å². The summed E-state index contributed by atoms with van der Waals surface area (Å²) in [6, 6.07) is 2.40. The third-order valence-electron chi connectivity index (χ3n) is 4.06. The Morgan fingerprint density at radius 3 is 2.40 bits per heavy atom. The van der Waals surface area contributed by atoms with Crippen molar-refractivity contribution in [2.24, 2.45) is 5.92 Å². The highest BCUT2D eigenvalue weighted by atomic mass is 35.5. The van der Waals surface area contributed by atoms with Gasteiger partial charge in [0.25, 0.3) is 5.91 Å². The van der Waals surface area contributed by atoms with Crippen LogP contribution in [-0.2, 0) is 4.79 Å². The van der Waals surface area contributed by atoms with Gasteiger partial charge in [0.2, 0.25) is 5.91 Å². The Balaban J connectivity index is 0.00000312. The van der Waals surface area contributed by atoms with Crippen LogP contribution in [0.1, 0.15) is 30.6 Å². The van der Waals surface area contributed by atoms with E-state index in [4.69, 9.17) is 0 Å². The molecule has 1 aliphatic heterocycles. The molecule has 1 fully saturated rings. The van der Waals surface area contributed by atoms with Crippen LogP contribution < -0.4 is 10.6 Å². The monoisotopic (exact) mass is 375 g/mol. The molecule has 1 aromatic rings. The summed E-state index contributed by atoms with van der Waals surface area (Å²) in [5.41, 5.74) is -0.659. The van der Waals surface area contributed by atoms with Gasteiger partial charge in [-0.25, -0.2) is 8.78 Å². The third-order valence-corrected chi connectivity index (χ3v) is 4.06. The molecular weight excluding hydrogens is 352 g/mol. The molecule has 0 aliphatic carbocycles. The Hall–Kier alpha value is -1.73. The molecule has 1 saturated heterocycles. The summed E-state index contributed by atoms with van der Waals surface area (Å²) in [6.07, 6.45) is 0.826. The van der Waals surface area contributed by atoms with Crippen LogP contribution >= 0.6 is 12.4 Å². The molecule has 0 spiro atoms. The molecule has 25 heavy (non-hydrogen) atoms. The average Bonchev–Trinajstić information content (AvgIpc) is 2.80. The highest BCUT2D eigenvalue weighted by molar-refractivity contribution is 5.98. The lowest BCUT2D eigenvalue weighted by molar-refractivity contribution is -0.134. The fourth-order valence-electron chi connectivity index (χ4n) is 2.70. The topological polar surface area (TPSA) is 61.4 Å². The number of benzene rings is 1. The minimum absolute atomic E-state index is 0. The molecule has 2 N–H and O–H groups in total. The molecule has 5 nitrogen and oxygen atoms in total. The second kappa shape index (κ2) is 9.68. The summed E-state index contributed by atoms with van der Waals surface area (Å²) in [7, 11) is 0. The van der Waals surface area contributed by atoms with Crippen LogP contribution in [0.2, 0.25) is 0 Å². The zero-order valence-electron chi connectivity index (χ0n) is 14.4. The minimum atomic E-state index is -0.943. The summed E-state index contributed by atoms with van der Waals surface area (Å²) in [4.78, 5) is 26.7. The van der Waals surface area contributed by atoms with E-state index >= 15 is 0 Å². The molecule has 2 amide bonds. The van der Waals surface area contributed by atoms with E-state index in [1.54, 1.807) is 18.7 Å². The lowest BCUT2D eigenvalue weighted by Crippen LogP contribution is -2.52. The predicted octanol–water partition coefficient (Wildman–Crippen LogP) is 1.96. The molecule has 1 atom stereocenters. The van der Waals surface area contributed by atoms with Crippen LogP contribution in [-0.4, -0.2) is 48.9 Å². The largest absolute Gasteiger partial charge is 0.340 e. The number of hydrogen-bond donors (Lipinski definition) is 2. The van der Waals surface area contributed by atoms with Gasteiger partial charge in [-0.2, -0.15) is 0 Å². The quantitative estimate of drug-likeness (QED) is 0.845. The maximum Gasteiger partial charge on any atom is 0.257 e. The lowest BCUT2D eigenvalue weighted by atomic mass is 10.0. The van der Waals surface area contributed by atoms with E-state index in [1.807, 2.05) is 0 Å².